The molecule has 1 aliphatic rings. The quantitative estimate of drug-likeness (QED) is 0.516. The van der Waals surface area contributed by atoms with E-state index in [1.807, 2.05) is 39.0 Å². The molecule has 1 amide bonds. The Bertz CT molecular complexity index is 1050. The second-order valence-electron chi connectivity index (χ2n) is 7.64. The van der Waals surface area contributed by atoms with Gasteiger partial charge in [0.25, 0.3) is 5.91 Å². The molecule has 32 heavy (non-hydrogen) atoms. The summed E-state index contributed by atoms with van der Waals surface area (Å²) in [6.45, 7) is 6.06. The van der Waals surface area contributed by atoms with Crippen LogP contribution in [-0.2, 0) is 9.53 Å². The van der Waals surface area contributed by atoms with Crippen molar-refractivity contribution in [3.63, 3.8) is 0 Å². The first-order valence-corrected chi connectivity index (χ1v) is 11.5. The van der Waals surface area contributed by atoms with Gasteiger partial charge in [0.2, 0.25) is 0 Å². The maximum Gasteiger partial charge on any atom is 0.372 e. The van der Waals surface area contributed by atoms with Crippen LogP contribution in [0.1, 0.15) is 46.9 Å². The molecule has 0 saturated heterocycles. The number of rotatable bonds is 7. The summed E-state index contributed by atoms with van der Waals surface area (Å²) in [5.74, 6) is 0.307. The topological polar surface area (TPSA) is 85.4 Å². The Labute approximate surface area is 193 Å². The van der Waals surface area contributed by atoms with Gasteiger partial charge in [-0.2, -0.15) is 0 Å². The fraction of sp³-hybridized carbons (Fsp3) is 0.333. The van der Waals surface area contributed by atoms with Crippen LogP contribution in [-0.4, -0.2) is 42.1 Å². The number of ether oxygens (including phenoxy) is 1. The summed E-state index contributed by atoms with van der Waals surface area (Å²) < 4.78 is 5.71. The Kier molecular flexibility index (Phi) is 7.91. The average molecular weight is 448 g/mol. The molecule has 1 N–H and O–H groups in total. The van der Waals surface area contributed by atoms with E-state index in [4.69, 9.17) is 12.6 Å². The van der Waals surface area contributed by atoms with Crippen molar-refractivity contribution in [3.05, 3.63) is 64.7 Å². The van der Waals surface area contributed by atoms with E-state index in [1.54, 1.807) is 12.1 Å². The predicted octanol–water partition coefficient (Wildman–Crippen LogP) is 3.50. The lowest BCUT2D eigenvalue weighted by atomic mass is 9.94. The maximum atomic E-state index is 13.0. The van der Waals surface area contributed by atoms with Gasteiger partial charge < -0.3 is 10.1 Å². The van der Waals surface area contributed by atoms with Crippen molar-refractivity contribution in [3.8, 4) is 0 Å². The van der Waals surface area contributed by atoms with E-state index in [2.05, 4.69) is 10.3 Å². The number of carbonyl (C=O) groups is 3. The zero-order valence-corrected chi connectivity index (χ0v) is 19.3. The highest BCUT2D eigenvalue weighted by molar-refractivity contribution is 8.13. The minimum Gasteiger partial charge on any atom is -0.422 e. The van der Waals surface area contributed by atoms with Gasteiger partial charge in [0.05, 0.1) is 5.57 Å². The van der Waals surface area contributed by atoms with Crippen LogP contribution >= 0.6 is 11.8 Å². The molecule has 1 unspecified atom stereocenters. The number of ketones is 1. The molecule has 164 valence electrons. The molecular formula is C24H25BN2O4S. The zero-order chi connectivity index (χ0) is 23.3. The van der Waals surface area contributed by atoms with E-state index in [1.165, 1.54) is 6.20 Å². The number of aryl methyl sites for hydroxylation is 2. The molecule has 8 heteroatoms. The van der Waals surface area contributed by atoms with Crippen LogP contribution in [0, 0.1) is 19.8 Å². The number of aromatic nitrogens is 1. The Morgan fingerprint density at radius 1 is 1.22 bits per heavy atom. The SMILES string of the molecule is [B]c1ccc(C(=O)NCCC2CC(=O)C(c3c(C)cccc3C)=C2OC(=O)SCC)nc1. The first-order valence-electron chi connectivity index (χ1n) is 10.5. The van der Waals surface area contributed by atoms with E-state index < -0.39 is 5.30 Å². The van der Waals surface area contributed by atoms with Crippen molar-refractivity contribution in [2.75, 3.05) is 12.3 Å². The van der Waals surface area contributed by atoms with Crippen molar-refractivity contribution >= 4 is 47.6 Å². The molecule has 3 rings (SSSR count). The van der Waals surface area contributed by atoms with Crippen LogP contribution < -0.4 is 10.8 Å². The number of Topliss-reactive ketones (excluding diaryl/α,β-unsaturated/α-hetero) is 1. The molecule has 1 aromatic heterocycles. The number of thioether (sulfide) groups is 1. The summed E-state index contributed by atoms with van der Waals surface area (Å²) in [7, 11) is 5.61. The molecule has 0 fully saturated rings. The maximum absolute atomic E-state index is 13.0. The summed E-state index contributed by atoms with van der Waals surface area (Å²) in [5, 5.41) is 2.39. The summed E-state index contributed by atoms with van der Waals surface area (Å²) in [6.07, 6.45) is 2.12. The van der Waals surface area contributed by atoms with E-state index in [0.29, 0.717) is 35.5 Å². The summed E-state index contributed by atoms with van der Waals surface area (Å²) in [6, 6.07) is 8.98. The van der Waals surface area contributed by atoms with Crippen molar-refractivity contribution < 1.29 is 19.1 Å². The number of nitrogens with zero attached hydrogens (tertiary/aromatic N) is 1. The summed E-state index contributed by atoms with van der Waals surface area (Å²) in [4.78, 5) is 41.7. The lowest BCUT2D eigenvalue weighted by molar-refractivity contribution is -0.113. The lowest BCUT2D eigenvalue weighted by Crippen LogP contribution is -2.27. The van der Waals surface area contributed by atoms with Gasteiger partial charge in [-0.3, -0.25) is 14.6 Å². The molecular weight excluding hydrogens is 423 g/mol. The number of hydrogen-bond donors (Lipinski definition) is 1. The Balaban J connectivity index is 1.82. The van der Waals surface area contributed by atoms with Crippen LogP contribution in [0.15, 0.2) is 42.3 Å². The number of amides is 1. The van der Waals surface area contributed by atoms with Gasteiger partial charge in [0.15, 0.2) is 5.78 Å². The number of nitrogens with one attached hydrogen (secondary N) is 1. The number of hydrogen-bond acceptors (Lipinski definition) is 6. The normalized spacial score (nSPS) is 15.7. The first-order chi connectivity index (χ1) is 15.3. The van der Waals surface area contributed by atoms with Crippen LogP contribution in [0.2, 0.25) is 0 Å². The lowest BCUT2D eigenvalue weighted by Gasteiger charge is -2.16. The average Bonchev–Trinajstić information content (AvgIpc) is 3.03. The summed E-state index contributed by atoms with van der Waals surface area (Å²) >= 11 is 1.06. The van der Waals surface area contributed by atoms with E-state index >= 15 is 0 Å². The number of allylic oxidation sites excluding steroid dienone is 2. The van der Waals surface area contributed by atoms with Gasteiger partial charge in [-0.05, 0) is 54.8 Å². The van der Waals surface area contributed by atoms with Gasteiger partial charge >= 0.3 is 5.30 Å². The predicted molar refractivity (Wildman–Crippen MR) is 127 cm³/mol. The van der Waals surface area contributed by atoms with Crippen LogP contribution in [0.5, 0.6) is 0 Å². The highest BCUT2D eigenvalue weighted by Gasteiger charge is 2.37. The second kappa shape index (κ2) is 10.6. The Morgan fingerprint density at radius 3 is 2.56 bits per heavy atom. The van der Waals surface area contributed by atoms with E-state index in [9.17, 15) is 14.4 Å². The van der Waals surface area contributed by atoms with Crippen LogP contribution in [0.3, 0.4) is 0 Å². The molecule has 0 aliphatic heterocycles. The molecule has 1 atom stereocenters. The molecule has 2 aromatic rings. The summed E-state index contributed by atoms with van der Waals surface area (Å²) in [5.41, 5.74) is 3.94. The third-order valence-corrected chi connectivity index (χ3v) is 5.92. The molecule has 1 heterocycles. The first kappa shape index (κ1) is 23.8. The molecule has 1 aliphatic carbocycles. The number of carbonyl (C=O) groups excluding carboxylic acids is 3. The second-order valence-corrected chi connectivity index (χ2v) is 8.84. The molecule has 0 bridgehead atoms. The fourth-order valence-corrected chi connectivity index (χ4v) is 4.21. The zero-order valence-electron chi connectivity index (χ0n) is 18.4. The van der Waals surface area contributed by atoms with Crippen molar-refractivity contribution in [2.24, 2.45) is 5.92 Å². The Hall–Kier alpha value is -2.87. The minimum absolute atomic E-state index is 0.0526. The van der Waals surface area contributed by atoms with Crippen LogP contribution in [0.25, 0.3) is 5.57 Å². The smallest absolute Gasteiger partial charge is 0.372 e. The van der Waals surface area contributed by atoms with Gasteiger partial charge in [-0.1, -0.05) is 36.7 Å². The van der Waals surface area contributed by atoms with Crippen molar-refractivity contribution in [1.29, 1.82) is 0 Å². The van der Waals surface area contributed by atoms with Crippen molar-refractivity contribution in [1.82, 2.24) is 10.3 Å². The van der Waals surface area contributed by atoms with Gasteiger partial charge in [0, 0.05) is 30.8 Å². The fourth-order valence-electron chi connectivity index (χ4n) is 3.83. The molecule has 1 aromatic carbocycles. The van der Waals surface area contributed by atoms with E-state index in [-0.39, 0.29) is 29.7 Å². The van der Waals surface area contributed by atoms with Crippen LogP contribution in [0.4, 0.5) is 4.79 Å². The van der Waals surface area contributed by atoms with Gasteiger partial charge in [-0.15, -0.1) is 0 Å². The molecule has 0 saturated carbocycles. The monoisotopic (exact) mass is 448 g/mol. The largest absolute Gasteiger partial charge is 0.422 e. The highest BCUT2D eigenvalue weighted by Crippen LogP contribution is 2.40. The third kappa shape index (κ3) is 5.48. The standard InChI is InChI=1S/C24H25BN2O4S/c1-4-32-24(30)31-22-16(10-11-26-23(29)18-9-8-17(25)13-27-18)12-19(28)21(22)20-14(2)6-5-7-15(20)3/h5-9,13,16H,4,10-12H2,1-3H3,(H,26,29). The highest BCUT2D eigenvalue weighted by atomic mass is 32.2. The van der Waals surface area contributed by atoms with E-state index in [0.717, 1.165) is 28.5 Å². The van der Waals surface area contributed by atoms with Crippen molar-refractivity contribution in [2.45, 2.75) is 33.6 Å². The third-order valence-electron chi connectivity index (χ3n) is 5.31. The molecule has 6 nitrogen and oxygen atoms in total. The minimum atomic E-state index is -0.430. The number of pyridine rings is 1. The molecule has 2 radical (unpaired) electrons. The van der Waals surface area contributed by atoms with Gasteiger partial charge in [-0.25, -0.2) is 4.79 Å². The number of benzene rings is 1. The van der Waals surface area contributed by atoms with Gasteiger partial charge in [0.1, 0.15) is 19.3 Å². The Morgan fingerprint density at radius 2 is 1.94 bits per heavy atom. The molecule has 0 spiro atoms.